The fraction of sp³-hybridized carbons (Fsp3) is 0. The number of hydrogen-bond donors (Lipinski definition) is 0. The molecule has 3 aromatic rings. The van der Waals surface area contributed by atoms with Crippen LogP contribution in [0.2, 0.25) is 5.15 Å². The molecule has 5 heteroatoms. The first-order chi connectivity index (χ1) is 9.24. The molecule has 0 unspecified atom stereocenters. The van der Waals surface area contributed by atoms with Crippen LogP contribution < -0.4 is 4.74 Å². The van der Waals surface area contributed by atoms with Gasteiger partial charge in [0.1, 0.15) is 4.88 Å². The second-order valence-electron chi connectivity index (χ2n) is 3.83. The van der Waals surface area contributed by atoms with Crippen LogP contribution in [0.15, 0.2) is 48.7 Å². The van der Waals surface area contributed by atoms with E-state index in [1.165, 1.54) is 11.3 Å². The first-order valence-electron chi connectivity index (χ1n) is 5.55. The lowest BCUT2D eigenvalue weighted by Gasteiger charge is -2.02. The molecule has 0 atom stereocenters. The molecule has 0 bridgehead atoms. The number of benzene rings is 1. The van der Waals surface area contributed by atoms with Crippen LogP contribution in [0.4, 0.5) is 0 Å². The molecular weight excluding hydrogens is 282 g/mol. The van der Waals surface area contributed by atoms with Crippen LogP contribution in [0.25, 0.3) is 10.1 Å². The lowest BCUT2D eigenvalue weighted by atomic mass is 10.2. The molecule has 0 saturated heterocycles. The molecule has 3 rings (SSSR count). The van der Waals surface area contributed by atoms with Gasteiger partial charge in [0, 0.05) is 10.9 Å². The highest BCUT2D eigenvalue weighted by Crippen LogP contribution is 2.27. The minimum absolute atomic E-state index is 0.178. The fourth-order valence-corrected chi connectivity index (χ4v) is 2.78. The second-order valence-corrected chi connectivity index (χ2v) is 5.27. The van der Waals surface area contributed by atoms with E-state index in [4.69, 9.17) is 16.3 Å². The van der Waals surface area contributed by atoms with Gasteiger partial charge in [-0.25, -0.2) is 9.78 Å². The Hall–Kier alpha value is -1.91. The summed E-state index contributed by atoms with van der Waals surface area (Å²) in [5, 5.41) is 1.20. The summed E-state index contributed by atoms with van der Waals surface area (Å²) in [6.45, 7) is 0. The zero-order valence-electron chi connectivity index (χ0n) is 9.67. The summed E-state index contributed by atoms with van der Waals surface area (Å²) in [5.74, 6) is -0.150. The molecule has 1 aromatic carbocycles. The van der Waals surface area contributed by atoms with E-state index in [-0.39, 0.29) is 10.9 Å². The molecule has 0 fully saturated rings. The summed E-state index contributed by atoms with van der Waals surface area (Å²) in [7, 11) is 0. The molecule has 0 N–H and O–H groups in total. The summed E-state index contributed by atoms with van der Waals surface area (Å²) in [4.78, 5) is 16.4. The number of nitrogens with zero attached hydrogens (tertiary/aromatic N) is 1. The van der Waals surface area contributed by atoms with Crippen molar-refractivity contribution in [3.05, 3.63) is 58.7 Å². The maximum atomic E-state index is 12.0. The molecule has 3 nitrogen and oxygen atoms in total. The molecule has 0 aliphatic rings. The number of thiophene rings is 1. The van der Waals surface area contributed by atoms with Gasteiger partial charge in [-0.1, -0.05) is 29.8 Å². The normalized spacial score (nSPS) is 10.6. The Bertz CT molecular complexity index is 721. The van der Waals surface area contributed by atoms with E-state index in [9.17, 15) is 4.79 Å². The first kappa shape index (κ1) is 12.1. The zero-order chi connectivity index (χ0) is 13.2. The number of carbonyl (C=O) groups is 1. The average molecular weight is 290 g/mol. The van der Waals surface area contributed by atoms with Crippen molar-refractivity contribution in [3.63, 3.8) is 0 Å². The van der Waals surface area contributed by atoms with Crippen LogP contribution in [-0.2, 0) is 0 Å². The minimum atomic E-state index is -0.420. The Labute approximate surface area is 118 Å². The van der Waals surface area contributed by atoms with E-state index in [0.29, 0.717) is 4.88 Å². The molecule has 94 valence electrons. The van der Waals surface area contributed by atoms with Gasteiger partial charge >= 0.3 is 5.97 Å². The smallest absolute Gasteiger partial charge is 0.353 e. The Morgan fingerprint density at radius 1 is 1.21 bits per heavy atom. The van der Waals surface area contributed by atoms with Crippen LogP contribution in [0.3, 0.4) is 0 Å². The van der Waals surface area contributed by atoms with Gasteiger partial charge in [-0.3, -0.25) is 0 Å². The molecule has 0 amide bonds. The number of ether oxygens (including phenoxy) is 1. The van der Waals surface area contributed by atoms with Crippen LogP contribution in [-0.4, -0.2) is 11.0 Å². The molecule has 19 heavy (non-hydrogen) atoms. The van der Waals surface area contributed by atoms with Gasteiger partial charge in [0.25, 0.3) is 0 Å². The molecule has 2 aromatic heterocycles. The maximum Gasteiger partial charge on any atom is 0.353 e. The topological polar surface area (TPSA) is 39.2 Å². The minimum Gasteiger partial charge on any atom is -0.419 e. The van der Waals surface area contributed by atoms with Gasteiger partial charge in [-0.15, -0.1) is 11.3 Å². The third-order valence-corrected chi connectivity index (χ3v) is 3.93. The largest absolute Gasteiger partial charge is 0.419 e. The van der Waals surface area contributed by atoms with E-state index < -0.39 is 5.97 Å². The van der Waals surface area contributed by atoms with Gasteiger partial charge < -0.3 is 4.74 Å². The highest BCUT2D eigenvalue weighted by Gasteiger charge is 2.14. The van der Waals surface area contributed by atoms with E-state index in [2.05, 4.69) is 4.98 Å². The van der Waals surface area contributed by atoms with Crippen LogP contribution in [0.1, 0.15) is 9.67 Å². The number of pyridine rings is 1. The van der Waals surface area contributed by atoms with Crippen molar-refractivity contribution in [2.24, 2.45) is 0 Å². The van der Waals surface area contributed by atoms with Crippen molar-refractivity contribution in [3.8, 4) is 5.75 Å². The zero-order valence-corrected chi connectivity index (χ0v) is 11.2. The molecule has 0 aliphatic heterocycles. The van der Waals surface area contributed by atoms with E-state index >= 15 is 0 Å². The van der Waals surface area contributed by atoms with Crippen molar-refractivity contribution in [1.29, 1.82) is 0 Å². The second kappa shape index (κ2) is 4.99. The highest BCUT2D eigenvalue weighted by atomic mass is 35.5. The molecule has 0 radical (unpaired) electrons. The van der Waals surface area contributed by atoms with Crippen LogP contribution >= 0.6 is 22.9 Å². The van der Waals surface area contributed by atoms with Crippen molar-refractivity contribution in [2.45, 2.75) is 0 Å². The molecule has 0 saturated carbocycles. The third kappa shape index (κ3) is 2.45. The van der Waals surface area contributed by atoms with Crippen molar-refractivity contribution >= 4 is 39.0 Å². The van der Waals surface area contributed by atoms with Crippen LogP contribution in [0, 0.1) is 0 Å². The fourth-order valence-electron chi connectivity index (χ4n) is 1.68. The van der Waals surface area contributed by atoms with Crippen LogP contribution in [0.5, 0.6) is 5.75 Å². The van der Waals surface area contributed by atoms with Gasteiger partial charge in [-0.2, -0.15) is 0 Å². The third-order valence-electron chi connectivity index (χ3n) is 2.55. The van der Waals surface area contributed by atoms with E-state index in [1.54, 1.807) is 18.3 Å². The highest BCUT2D eigenvalue weighted by molar-refractivity contribution is 7.20. The van der Waals surface area contributed by atoms with E-state index in [1.807, 2.05) is 30.3 Å². The lowest BCUT2D eigenvalue weighted by Crippen LogP contribution is -2.06. The predicted octanol–water partition coefficient (Wildman–Crippen LogP) is 4.17. The number of carbonyl (C=O) groups excluding carboxylic acids is 1. The number of hydrogen-bond acceptors (Lipinski definition) is 4. The number of halogens is 1. The van der Waals surface area contributed by atoms with Gasteiger partial charge in [0.15, 0.2) is 10.9 Å². The SMILES string of the molecule is O=C(Oc1cccnc1Cl)c1cc2ccccc2s1. The maximum absolute atomic E-state index is 12.0. The number of esters is 1. The Kier molecular flexibility index (Phi) is 3.19. The summed E-state index contributed by atoms with van der Waals surface area (Å²) in [6.07, 6.45) is 1.54. The van der Waals surface area contributed by atoms with Gasteiger partial charge in [0.2, 0.25) is 0 Å². The summed E-state index contributed by atoms with van der Waals surface area (Å²) < 4.78 is 6.29. The molecular formula is C14H8ClNO2S. The quantitative estimate of drug-likeness (QED) is 0.525. The van der Waals surface area contributed by atoms with E-state index in [0.717, 1.165) is 10.1 Å². The molecule has 0 spiro atoms. The molecule has 0 aliphatic carbocycles. The van der Waals surface area contributed by atoms with Gasteiger partial charge in [0.05, 0.1) is 0 Å². The van der Waals surface area contributed by atoms with Crippen molar-refractivity contribution in [1.82, 2.24) is 4.98 Å². The summed E-state index contributed by atoms with van der Waals surface area (Å²) in [5.41, 5.74) is 0. The monoisotopic (exact) mass is 289 g/mol. The summed E-state index contributed by atoms with van der Waals surface area (Å²) in [6, 6.07) is 12.9. The number of rotatable bonds is 2. The van der Waals surface area contributed by atoms with Gasteiger partial charge in [-0.05, 0) is 29.7 Å². The lowest BCUT2D eigenvalue weighted by molar-refractivity contribution is 0.0739. The Morgan fingerprint density at radius 3 is 2.84 bits per heavy atom. The Morgan fingerprint density at radius 2 is 2.05 bits per heavy atom. The van der Waals surface area contributed by atoms with Crippen molar-refractivity contribution < 1.29 is 9.53 Å². The predicted molar refractivity (Wildman–Crippen MR) is 76.0 cm³/mol. The summed E-state index contributed by atoms with van der Waals surface area (Å²) >= 11 is 7.24. The van der Waals surface area contributed by atoms with Crippen molar-refractivity contribution in [2.75, 3.05) is 0 Å². The molecule has 2 heterocycles. The number of fused-ring (bicyclic) bond motifs is 1. The average Bonchev–Trinajstić information content (AvgIpc) is 2.85. The number of aromatic nitrogens is 1. The first-order valence-corrected chi connectivity index (χ1v) is 6.75. The Balaban J connectivity index is 1.90. The standard InChI is InChI=1S/C14H8ClNO2S/c15-13-10(5-3-7-16-13)18-14(17)12-8-9-4-1-2-6-11(9)19-12/h1-8H.